The maximum atomic E-state index is 13.4. The third-order valence-corrected chi connectivity index (χ3v) is 6.23. The zero-order valence-electron chi connectivity index (χ0n) is 17.6. The normalized spacial score (nSPS) is 30.5. The molecule has 0 aliphatic heterocycles. The SMILES string of the molecule is C=CCC1=CC2(OC)C(OC(C)=O)C(C1=O)C(c1ccc(OC)c(OC)c1)[C@H]2C. The van der Waals surface area contributed by atoms with Crippen LogP contribution in [0.4, 0.5) is 0 Å². The lowest BCUT2D eigenvalue weighted by atomic mass is 9.78. The number of ether oxygens (including phenoxy) is 4. The molecule has 0 amide bonds. The van der Waals surface area contributed by atoms with E-state index in [4.69, 9.17) is 18.9 Å². The molecule has 0 N–H and O–H groups in total. The molecule has 2 aliphatic carbocycles. The van der Waals surface area contributed by atoms with Crippen LogP contribution in [-0.2, 0) is 19.1 Å². The summed E-state index contributed by atoms with van der Waals surface area (Å²) in [5.41, 5.74) is 0.670. The van der Waals surface area contributed by atoms with Crippen LogP contribution in [0.15, 0.2) is 42.5 Å². The summed E-state index contributed by atoms with van der Waals surface area (Å²) in [5.74, 6) is -0.160. The predicted octanol–water partition coefficient (Wildman–Crippen LogP) is 3.46. The number of benzene rings is 1. The average molecular weight is 400 g/mol. The number of carbonyl (C=O) groups is 2. The third-order valence-electron chi connectivity index (χ3n) is 6.23. The van der Waals surface area contributed by atoms with Crippen molar-refractivity contribution in [2.45, 2.75) is 37.9 Å². The summed E-state index contributed by atoms with van der Waals surface area (Å²) in [7, 11) is 4.75. The van der Waals surface area contributed by atoms with Gasteiger partial charge in [-0.15, -0.1) is 6.58 Å². The molecule has 1 saturated carbocycles. The van der Waals surface area contributed by atoms with E-state index in [-0.39, 0.29) is 17.6 Å². The van der Waals surface area contributed by atoms with E-state index in [2.05, 4.69) is 6.58 Å². The minimum Gasteiger partial charge on any atom is -0.493 e. The van der Waals surface area contributed by atoms with Crippen LogP contribution in [0.2, 0.25) is 0 Å². The van der Waals surface area contributed by atoms with Crippen molar-refractivity contribution in [3.05, 3.63) is 48.1 Å². The molecule has 0 heterocycles. The molecule has 1 fully saturated rings. The van der Waals surface area contributed by atoms with Crippen LogP contribution in [0.3, 0.4) is 0 Å². The fraction of sp³-hybridized carbons (Fsp3) is 0.478. The summed E-state index contributed by atoms with van der Waals surface area (Å²) in [4.78, 5) is 25.3. The summed E-state index contributed by atoms with van der Waals surface area (Å²) < 4.78 is 22.5. The van der Waals surface area contributed by atoms with Gasteiger partial charge in [0.15, 0.2) is 17.3 Å². The highest BCUT2D eigenvalue weighted by Gasteiger charge is 2.65. The zero-order chi connectivity index (χ0) is 21.3. The molecule has 6 nitrogen and oxygen atoms in total. The molecular weight excluding hydrogens is 372 g/mol. The van der Waals surface area contributed by atoms with Crippen molar-refractivity contribution in [2.75, 3.05) is 21.3 Å². The lowest BCUT2D eigenvalue weighted by Crippen LogP contribution is -2.50. The highest BCUT2D eigenvalue weighted by molar-refractivity contribution is 6.01. The van der Waals surface area contributed by atoms with Crippen molar-refractivity contribution in [1.82, 2.24) is 0 Å². The van der Waals surface area contributed by atoms with Gasteiger partial charge in [0.1, 0.15) is 11.7 Å². The lowest BCUT2D eigenvalue weighted by molar-refractivity contribution is -0.166. The standard InChI is InChI=1S/C23H28O6/c1-7-8-16-12-23(28-6)13(2)19(20(21(16)25)22(23)29-14(3)24)15-9-10-17(26-4)18(11-15)27-5/h7,9-13,19-20,22H,1,8H2,2-6H3/t13-,19?,20?,22?,23?/m1/s1. The monoisotopic (exact) mass is 400 g/mol. The second-order valence-electron chi connectivity index (χ2n) is 7.57. The first kappa shape index (κ1) is 21.1. The van der Waals surface area contributed by atoms with Crippen molar-refractivity contribution < 1.29 is 28.5 Å². The summed E-state index contributed by atoms with van der Waals surface area (Å²) in [6, 6.07) is 5.64. The van der Waals surface area contributed by atoms with Crippen LogP contribution in [0.25, 0.3) is 0 Å². The number of esters is 1. The molecule has 0 aromatic heterocycles. The van der Waals surface area contributed by atoms with Crippen molar-refractivity contribution in [2.24, 2.45) is 11.8 Å². The van der Waals surface area contributed by atoms with Gasteiger partial charge in [-0.1, -0.05) is 19.1 Å². The van der Waals surface area contributed by atoms with Crippen LogP contribution >= 0.6 is 0 Å². The van der Waals surface area contributed by atoms with E-state index in [9.17, 15) is 9.59 Å². The van der Waals surface area contributed by atoms with E-state index >= 15 is 0 Å². The van der Waals surface area contributed by atoms with E-state index in [1.54, 1.807) is 27.4 Å². The maximum absolute atomic E-state index is 13.4. The first-order chi connectivity index (χ1) is 13.8. The first-order valence-electron chi connectivity index (χ1n) is 9.65. The Labute approximate surface area is 171 Å². The average Bonchev–Trinajstić information content (AvgIpc) is 2.88. The van der Waals surface area contributed by atoms with Gasteiger partial charge in [-0.3, -0.25) is 9.59 Å². The number of ketones is 1. The molecule has 1 aromatic rings. The van der Waals surface area contributed by atoms with Gasteiger partial charge in [0.05, 0.1) is 20.1 Å². The second kappa shape index (κ2) is 8.03. The molecule has 5 atom stereocenters. The topological polar surface area (TPSA) is 71.1 Å². The molecule has 2 aliphatic rings. The number of allylic oxidation sites excluding steroid dienone is 2. The van der Waals surface area contributed by atoms with Gasteiger partial charge in [0, 0.05) is 25.9 Å². The second-order valence-corrected chi connectivity index (χ2v) is 7.57. The fourth-order valence-corrected chi connectivity index (χ4v) is 4.97. The Balaban J connectivity index is 2.17. The van der Waals surface area contributed by atoms with Gasteiger partial charge in [-0.2, -0.15) is 0 Å². The largest absolute Gasteiger partial charge is 0.493 e. The summed E-state index contributed by atoms with van der Waals surface area (Å²) in [6.07, 6.45) is 3.29. The molecule has 0 saturated heterocycles. The summed E-state index contributed by atoms with van der Waals surface area (Å²) in [6.45, 7) is 7.15. The fourth-order valence-electron chi connectivity index (χ4n) is 4.97. The van der Waals surface area contributed by atoms with Crippen molar-refractivity contribution in [1.29, 1.82) is 0 Å². The molecule has 1 aromatic carbocycles. The van der Waals surface area contributed by atoms with E-state index in [1.807, 2.05) is 31.2 Å². The third kappa shape index (κ3) is 3.25. The predicted molar refractivity (Wildman–Crippen MR) is 108 cm³/mol. The number of hydrogen-bond acceptors (Lipinski definition) is 6. The van der Waals surface area contributed by atoms with E-state index < -0.39 is 23.6 Å². The van der Waals surface area contributed by atoms with Gasteiger partial charge >= 0.3 is 5.97 Å². The van der Waals surface area contributed by atoms with Gasteiger partial charge in [0.2, 0.25) is 0 Å². The van der Waals surface area contributed by atoms with E-state index in [1.165, 1.54) is 6.92 Å². The zero-order valence-corrected chi connectivity index (χ0v) is 17.6. The van der Waals surface area contributed by atoms with Crippen LogP contribution in [0.5, 0.6) is 11.5 Å². The number of carbonyl (C=O) groups excluding carboxylic acids is 2. The highest BCUT2D eigenvalue weighted by Crippen LogP contribution is 2.58. The first-order valence-corrected chi connectivity index (χ1v) is 9.65. The number of fused-ring (bicyclic) bond motifs is 2. The van der Waals surface area contributed by atoms with Crippen molar-refractivity contribution in [3.8, 4) is 11.5 Å². The van der Waals surface area contributed by atoms with Gasteiger partial charge < -0.3 is 18.9 Å². The summed E-state index contributed by atoms with van der Waals surface area (Å²) in [5, 5.41) is 0. The molecule has 2 bridgehead atoms. The molecule has 0 spiro atoms. The Bertz CT molecular complexity index is 857. The molecule has 156 valence electrons. The number of rotatable bonds is 7. The number of methoxy groups -OCH3 is 3. The lowest BCUT2D eigenvalue weighted by Gasteiger charge is -2.38. The van der Waals surface area contributed by atoms with Gasteiger partial charge in [-0.05, 0) is 35.8 Å². The van der Waals surface area contributed by atoms with Crippen LogP contribution in [0, 0.1) is 11.8 Å². The van der Waals surface area contributed by atoms with Crippen molar-refractivity contribution >= 4 is 11.8 Å². The number of Topliss-reactive ketones (excluding diaryl/α,β-unsaturated/α-hetero) is 1. The summed E-state index contributed by atoms with van der Waals surface area (Å²) >= 11 is 0. The van der Waals surface area contributed by atoms with Crippen molar-refractivity contribution in [3.63, 3.8) is 0 Å². The Morgan fingerprint density at radius 1 is 1.17 bits per heavy atom. The Hall–Kier alpha value is -2.60. The highest BCUT2D eigenvalue weighted by atomic mass is 16.6. The molecule has 4 unspecified atom stereocenters. The van der Waals surface area contributed by atoms with Gasteiger partial charge in [-0.25, -0.2) is 0 Å². The Morgan fingerprint density at radius 2 is 1.86 bits per heavy atom. The minimum atomic E-state index is -0.888. The Morgan fingerprint density at radius 3 is 2.41 bits per heavy atom. The minimum absolute atomic E-state index is 0.0343. The molecule has 29 heavy (non-hydrogen) atoms. The van der Waals surface area contributed by atoms with Crippen LogP contribution in [0.1, 0.15) is 31.7 Å². The van der Waals surface area contributed by atoms with E-state index in [0.29, 0.717) is 23.5 Å². The quantitative estimate of drug-likeness (QED) is 0.516. The Kier molecular flexibility index (Phi) is 5.85. The smallest absolute Gasteiger partial charge is 0.303 e. The number of hydrogen-bond donors (Lipinski definition) is 0. The molecule has 3 rings (SSSR count). The molecule has 0 radical (unpaired) electrons. The van der Waals surface area contributed by atoms with Crippen LogP contribution in [-0.4, -0.2) is 44.8 Å². The van der Waals surface area contributed by atoms with E-state index in [0.717, 1.165) is 5.56 Å². The maximum Gasteiger partial charge on any atom is 0.303 e. The van der Waals surface area contributed by atoms with Crippen LogP contribution < -0.4 is 9.47 Å². The van der Waals surface area contributed by atoms with Gasteiger partial charge in [0.25, 0.3) is 0 Å². The molecule has 6 heteroatoms. The molecular formula is C23H28O6.